The fourth-order valence-corrected chi connectivity index (χ4v) is 3.73. The van der Waals surface area contributed by atoms with Crippen LogP contribution in [0.15, 0.2) is 12.2 Å². The molecular weight excluding hydrogens is 232 g/mol. The smallest absolute Gasteiger partial charge is 0.172 e. The van der Waals surface area contributed by atoms with Crippen LogP contribution in [0.5, 0.6) is 0 Å². The lowest BCUT2D eigenvalue weighted by molar-refractivity contribution is -0.275. The summed E-state index contributed by atoms with van der Waals surface area (Å²) in [5.74, 6) is 0.572. The van der Waals surface area contributed by atoms with Crippen LogP contribution < -0.4 is 0 Å². The van der Waals surface area contributed by atoms with Crippen LogP contribution in [0, 0.1) is 17.8 Å². The van der Waals surface area contributed by atoms with Crippen LogP contribution in [0.1, 0.15) is 25.7 Å². The average molecular weight is 254 g/mol. The largest absolute Gasteiger partial charge is 0.396 e. The molecule has 0 aromatic carbocycles. The predicted molar refractivity (Wildman–Crippen MR) is 65.8 cm³/mol. The van der Waals surface area contributed by atoms with Gasteiger partial charge in [0.05, 0.1) is 19.3 Å². The summed E-state index contributed by atoms with van der Waals surface area (Å²) >= 11 is 0. The Kier molecular flexibility index (Phi) is 3.45. The number of aliphatic hydroxyl groups is 2. The molecule has 0 aromatic heterocycles. The molecule has 2 saturated carbocycles. The topological polar surface area (TPSA) is 58.9 Å². The third kappa shape index (κ3) is 1.92. The molecule has 18 heavy (non-hydrogen) atoms. The van der Waals surface area contributed by atoms with Crippen molar-refractivity contribution in [3.05, 3.63) is 12.2 Å². The molecule has 2 N–H and O–H groups in total. The molecule has 3 rings (SSSR count). The Labute approximate surface area is 108 Å². The normalized spacial score (nSPS) is 41.4. The standard InChI is InChI=1S/C14H22O4/c15-5-3-1-2-4-10-8-12-11(13(10)16)9-14(12)17-6-7-18-14/h2,4,10-13,15-16H,1,3,5-9H2/t10-,11+,12-,13?/m0/s1. The van der Waals surface area contributed by atoms with Gasteiger partial charge in [-0.15, -0.1) is 0 Å². The minimum absolute atomic E-state index is 0.228. The zero-order valence-electron chi connectivity index (χ0n) is 10.6. The van der Waals surface area contributed by atoms with Crippen LogP contribution in [0.3, 0.4) is 0 Å². The van der Waals surface area contributed by atoms with Crippen molar-refractivity contribution >= 4 is 0 Å². The molecule has 2 aliphatic carbocycles. The molecule has 0 aromatic rings. The molecule has 0 bridgehead atoms. The summed E-state index contributed by atoms with van der Waals surface area (Å²) < 4.78 is 11.5. The van der Waals surface area contributed by atoms with Crippen molar-refractivity contribution in [2.24, 2.45) is 17.8 Å². The minimum Gasteiger partial charge on any atom is -0.396 e. The summed E-state index contributed by atoms with van der Waals surface area (Å²) in [5.41, 5.74) is 0. The number of fused-ring (bicyclic) bond motifs is 2. The van der Waals surface area contributed by atoms with Gasteiger partial charge in [-0.2, -0.15) is 0 Å². The van der Waals surface area contributed by atoms with E-state index in [-0.39, 0.29) is 24.4 Å². The van der Waals surface area contributed by atoms with Gasteiger partial charge in [0.15, 0.2) is 5.79 Å². The van der Waals surface area contributed by atoms with Crippen LogP contribution in [0.25, 0.3) is 0 Å². The zero-order valence-corrected chi connectivity index (χ0v) is 10.6. The van der Waals surface area contributed by atoms with Gasteiger partial charge in [0, 0.05) is 24.9 Å². The summed E-state index contributed by atoms with van der Waals surface area (Å²) in [5, 5.41) is 19.0. The number of aliphatic hydroxyl groups excluding tert-OH is 2. The molecule has 4 nitrogen and oxygen atoms in total. The molecule has 1 aliphatic heterocycles. The van der Waals surface area contributed by atoms with Gasteiger partial charge in [-0.05, 0) is 25.2 Å². The number of unbranched alkanes of at least 4 members (excludes halogenated alkanes) is 1. The molecule has 102 valence electrons. The van der Waals surface area contributed by atoms with Crippen molar-refractivity contribution in [1.82, 2.24) is 0 Å². The number of ether oxygens (including phenoxy) is 2. The molecule has 1 unspecified atom stereocenters. The van der Waals surface area contributed by atoms with E-state index in [1.54, 1.807) is 0 Å². The lowest BCUT2D eigenvalue weighted by atomic mass is 9.69. The fraction of sp³-hybridized carbons (Fsp3) is 0.857. The highest BCUT2D eigenvalue weighted by atomic mass is 16.7. The zero-order chi connectivity index (χ0) is 12.6. The Bertz CT molecular complexity index is 322. The first-order valence-corrected chi connectivity index (χ1v) is 7.00. The van der Waals surface area contributed by atoms with Gasteiger partial charge in [0.2, 0.25) is 0 Å². The van der Waals surface area contributed by atoms with E-state index >= 15 is 0 Å². The molecule has 1 spiro atoms. The average Bonchev–Trinajstić information content (AvgIpc) is 2.93. The highest BCUT2D eigenvalue weighted by Gasteiger charge is 2.64. The summed E-state index contributed by atoms with van der Waals surface area (Å²) in [6.45, 7) is 1.61. The number of rotatable bonds is 4. The summed E-state index contributed by atoms with van der Waals surface area (Å²) in [7, 11) is 0. The van der Waals surface area contributed by atoms with E-state index in [0.717, 1.165) is 25.7 Å². The van der Waals surface area contributed by atoms with Crippen molar-refractivity contribution in [1.29, 1.82) is 0 Å². The van der Waals surface area contributed by atoms with E-state index in [2.05, 4.69) is 12.2 Å². The van der Waals surface area contributed by atoms with E-state index in [1.165, 1.54) is 0 Å². The number of hydrogen-bond donors (Lipinski definition) is 2. The van der Waals surface area contributed by atoms with Gasteiger partial charge in [-0.1, -0.05) is 12.2 Å². The predicted octanol–water partition coefficient (Wildman–Crippen LogP) is 1.08. The third-order valence-electron chi connectivity index (χ3n) is 4.69. The van der Waals surface area contributed by atoms with Gasteiger partial charge in [-0.25, -0.2) is 0 Å². The van der Waals surface area contributed by atoms with Crippen LogP contribution in [-0.4, -0.2) is 41.9 Å². The maximum Gasteiger partial charge on any atom is 0.172 e. The van der Waals surface area contributed by atoms with E-state index in [4.69, 9.17) is 14.6 Å². The maximum absolute atomic E-state index is 10.3. The van der Waals surface area contributed by atoms with E-state index in [1.807, 2.05) is 0 Å². The van der Waals surface area contributed by atoms with Gasteiger partial charge in [0.25, 0.3) is 0 Å². The van der Waals surface area contributed by atoms with E-state index in [9.17, 15) is 5.11 Å². The van der Waals surface area contributed by atoms with Gasteiger partial charge in [-0.3, -0.25) is 0 Å². The van der Waals surface area contributed by atoms with Crippen LogP contribution in [-0.2, 0) is 9.47 Å². The highest BCUT2D eigenvalue weighted by Crippen LogP contribution is 2.59. The molecule has 4 heteroatoms. The Morgan fingerprint density at radius 1 is 1.28 bits per heavy atom. The molecule has 1 heterocycles. The second kappa shape index (κ2) is 4.93. The van der Waals surface area contributed by atoms with Crippen molar-refractivity contribution < 1.29 is 19.7 Å². The van der Waals surface area contributed by atoms with Crippen molar-refractivity contribution in [2.75, 3.05) is 19.8 Å². The minimum atomic E-state index is -0.362. The molecule has 1 saturated heterocycles. The lowest BCUT2D eigenvalue weighted by Gasteiger charge is -2.48. The van der Waals surface area contributed by atoms with E-state index in [0.29, 0.717) is 25.0 Å². The first-order valence-electron chi connectivity index (χ1n) is 7.00. The van der Waals surface area contributed by atoms with Crippen LogP contribution in [0.2, 0.25) is 0 Å². The van der Waals surface area contributed by atoms with Crippen molar-refractivity contribution in [3.63, 3.8) is 0 Å². The number of hydrogen-bond acceptors (Lipinski definition) is 4. The fourth-order valence-electron chi connectivity index (χ4n) is 3.73. The Morgan fingerprint density at radius 2 is 2.06 bits per heavy atom. The molecule has 0 radical (unpaired) electrons. The SMILES string of the molecule is OCCCC=C[C@H]1C[C@H]2[C@@H](CC23OCCO3)C1O. The Hall–Kier alpha value is -0.420. The molecule has 3 aliphatic rings. The monoisotopic (exact) mass is 254 g/mol. The maximum atomic E-state index is 10.3. The summed E-state index contributed by atoms with van der Waals surface area (Å²) in [6, 6.07) is 0. The number of allylic oxidation sites excluding steroid dienone is 1. The van der Waals surface area contributed by atoms with Gasteiger partial charge >= 0.3 is 0 Å². The Morgan fingerprint density at radius 3 is 2.78 bits per heavy atom. The molecular formula is C14H22O4. The van der Waals surface area contributed by atoms with Crippen molar-refractivity contribution in [3.8, 4) is 0 Å². The Balaban J connectivity index is 1.58. The second-order valence-corrected chi connectivity index (χ2v) is 5.67. The quantitative estimate of drug-likeness (QED) is 0.582. The summed E-state index contributed by atoms with van der Waals surface area (Å²) in [6.07, 6.45) is 7.43. The van der Waals surface area contributed by atoms with Crippen LogP contribution >= 0.6 is 0 Å². The first kappa shape index (κ1) is 12.6. The second-order valence-electron chi connectivity index (χ2n) is 5.67. The first-order chi connectivity index (χ1) is 8.77. The van der Waals surface area contributed by atoms with Gasteiger partial charge in [0.1, 0.15) is 0 Å². The third-order valence-corrected chi connectivity index (χ3v) is 4.69. The lowest BCUT2D eigenvalue weighted by Crippen LogP contribution is -2.54. The molecule has 3 fully saturated rings. The van der Waals surface area contributed by atoms with E-state index < -0.39 is 0 Å². The summed E-state index contributed by atoms with van der Waals surface area (Å²) in [4.78, 5) is 0. The highest BCUT2D eigenvalue weighted by molar-refractivity contribution is 5.12. The molecule has 0 amide bonds. The van der Waals surface area contributed by atoms with Gasteiger partial charge < -0.3 is 19.7 Å². The molecule has 4 atom stereocenters. The van der Waals surface area contributed by atoms with Crippen molar-refractivity contribution in [2.45, 2.75) is 37.6 Å². The van der Waals surface area contributed by atoms with Crippen LogP contribution in [0.4, 0.5) is 0 Å².